The second-order valence-corrected chi connectivity index (χ2v) is 22.4. The number of allylic oxidation sites excluding steroid dienone is 4. The average Bonchev–Trinajstić information content (AvgIpc) is 3.53. The molecule has 0 bridgehead atoms. The van der Waals surface area contributed by atoms with Gasteiger partial charge in [-0.05, 0) is 113 Å². The summed E-state index contributed by atoms with van der Waals surface area (Å²) < 4.78 is 18.2. The number of benzene rings is 2. The lowest BCUT2D eigenvalue weighted by Crippen LogP contribution is -2.72. The van der Waals surface area contributed by atoms with Crippen molar-refractivity contribution >= 4 is 37.9 Å². The van der Waals surface area contributed by atoms with Gasteiger partial charge in [-0.15, -0.1) is 0 Å². The molecule has 0 radical (unpaired) electrons. The number of hydrogen-bond donors (Lipinski definition) is 2. The Morgan fingerprint density at radius 1 is 1.10 bits per heavy atom. The van der Waals surface area contributed by atoms with Crippen LogP contribution in [0.3, 0.4) is 0 Å². The molecule has 0 spiro atoms. The summed E-state index contributed by atoms with van der Waals surface area (Å²) in [6.45, 7) is 22.4. The third kappa shape index (κ3) is 10.1. The van der Waals surface area contributed by atoms with Crippen LogP contribution in [0.15, 0.2) is 83.6 Å². The first-order valence-electron chi connectivity index (χ1n) is 22.4. The lowest BCUT2D eigenvalue weighted by molar-refractivity contribution is -0.384. The monoisotopic (exact) mass is 883 g/mol. The van der Waals surface area contributed by atoms with Crippen molar-refractivity contribution in [2.24, 2.45) is 17.3 Å². The van der Waals surface area contributed by atoms with Crippen LogP contribution in [0.25, 0.3) is 0 Å². The maximum atomic E-state index is 14.3. The molecule has 2 N–H and O–H groups in total. The van der Waals surface area contributed by atoms with E-state index in [2.05, 4.69) is 52.6 Å². The number of nitro benzene ring substituents is 1. The van der Waals surface area contributed by atoms with Crippen molar-refractivity contribution in [1.29, 1.82) is 0 Å². The largest absolute Gasteiger partial charge is 0.507 e. The smallest absolute Gasteiger partial charge is 0.412 e. The first-order valence-corrected chi connectivity index (χ1v) is 25.0. The number of amides is 2. The standard InChI is InChI=1S/C49H65N3O10Si/c1-11-15-16-18-34-28-40(53)42(39-27-31(7)20-25-37(39)30(5)6)41(29-34)60-48(57)50-26-17-19-38-32(8)44-49(10,33(9)62-63(12-2,13-3)14-4)47(56)51(44)43(38)46(55)61-45(54)35-21-23-36(24-22-35)52(58)59/h17,19,21-24,27-29,32-33,37,39,44,53H,5,11-16,18,20,25-26H2,1-4,6-10H3,(H,50,57)/b19-17+/t32-,33+,37-,39+,44+,49+/m0/s1. The summed E-state index contributed by atoms with van der Waals surface area (Å²) in [6.07, 6.45) is 9.67. The molecule has 1 aliphatic carbocycles. The van der Waals surface area contributed by atoms with Gasteiger partial charge in [0.05, 0.1) is 28.0 Å². The highest BCUT2D eigenvalue weighted by Crippen LogP contribution is 2.56. The highest BCUT2D eigenvalue weighted by Gasteiger charge is 2.68. The van der Waals surface area contributed by atoms with Gasteiger partial charge in [-0.1, -0.05) is 83.4 Å². The molecule has 63 heavy (non-hydrogen) atoms. The number of nitrogens with one attached hydrogen (secondary N) is 1. The third-order valence-corrected chi connectivity index (χ3v) is 18.5. The molecule has 5 rings (SSSR count). The molecule has 2 aromatic rings. The zero-order valence-corrected chi connectivity index (χ0v) is 39.4. The predicted molar refractivity (Wildman–Crippen MR) is 245 cm³/mol. The summed E-state index contributed by atoms with van der Waals surface area (Å²) in [4.78, 5) is 67.0. The van der Waals surface area contributed by atoms with E-state index in [-0.39, 0.29) is 52.7 Å². The Balaban J connectivity index is 1.42. The van der Waals surface area contributed by atoms with Crippen LogP contribution in [0.4, 0.5) is 10.5 Å². The van der Waals surface area contributed by atoms with E-state index in [1.54, 1.807) is 18.2 Å². The first kappa shape index (κ1) is 48.7. The van der Waals surface area contributed by atoms with Crippen LogP contribution in [0, 0.1) is 27.4 Å². The van der Waals surface area contributed by atoms with Gasteiger partial charge in [0.25, 0.3) is 5.69 Å². The van der Waals surface area contributed by atoms with Gasteiger partial charge in [0.1, 0.15) is 17.2 Å². The summed E-state index contributed by atoms with van der Waals surface area (Å²) in [5.41, 5.74) is 2.61. The van der Waals surface area contributed by atoms with Gasteiger partial charge in [0.2, 0.25) is 5.91 Å². The van der Waals surface area contributed by atoms with Crippen molar-refractivity contribution < 1.29 is 43.1 Å². The number of aryl methyl sites for hydroxylation is 1. The predicted octanol–water partition coefficient (Wildman–Crippen LogP) is 10.6. The summed E-state index contributed by atoms with van der Waals surface area (Å²) in [5, 5.41) is 25.4. The van der Waals surface area contributed by atoms with Crippen molar-refractivity contribution in [3.8, 4) is 11.5 Å². The molecule has 340 valence electrons. The minimum atomic E-state index is -2.15. The minimum Gasteiger partial charge on any atom is -0.507 e. The van der Waals surface area contributed by atoms with Crippen LogP contribution >= 0.6 is 0 Å². The number of nitrogens with zero attached hydrogens (tertiary/aromatic N) is 2. The van der Waals surface area contributed by atoms with Gasteiger partial charge < -0.3 is 29.2 Å². The van der Waals surface area contributed by atoms with Crippen molar-refractivity contribution in [3.63, 3.8) is 0 Å². The Morgan fingerprint density at radius 2 is 1.76 bits per heavy atom. The number of non-ortho nitro benzene ring substituents is 1. The Bertz CT molecular complexity index is 2180. The second-order valence-electron chi connectivity index (χ2n) is 17.7. The van der Waals surface area contributed by atoms with Gasteiger partial charge in [0, 0.05) is 36.1 Å². The van der Waals surface area contributed by atoms with Gasteiger partial charge in [-0.2, -0.15) is 0 Å². The van der Waals surface area contributed by atoms with E-state index >= 15 is 0 Å². The van der Waals surface area contributed by atoms with Crippen molar-refractivity contribution in [1.82, 2.24) is 10.2 Å². The van der Waals surface area contributed by atoms with Crippen LogP contribution in [0.1, 0.15) is 122 Å². The molecule has 1 fully saturated rings. The number of carbonyl (C=O) groups is 4. The van der Waals surface area contributed by atoms with E-state index < -0.39 is 54.8 Å². The number of β-lactam (4-membered cyclic amide) rings is 1. The average molecular weight is 884 g/mol. The molecule has 6 atom stereocenters. The fraction of sp³-hybridized carbons (Fsp3) is 0.510. The SMILES string of the molecule is C=C(C)[C@@H]1CCC(C)=C[C@H]1c1c(O)cc(CCCCC)cc1OC(=O)NC/C=C/C1=C(C(=O)OC(=O)c2ccc([N+](=O)[O-])cc2)N2C(=O)[C@](C)([C@@H](C)O[Si](CC)(CC)CC)[C@H]2[C@H]1C. The number of nitro groups is 1. The number of carbonyl (C=O) groups excluding carboxylic acids is 4. The van der Waals surface area contributed by atoms with Gasteiger partial charge in [-0.25, -0.2) is 14.4 Å². The van der Waals surface area contributed by atoms with Crippen LogP contribution < -0.4 is 10.1 Å². The van der Waals surface area contributed by atoms with Gasteiger partial charge in [0.15, 0.2) is 8.32 Å². The summed E-state index contributed by atoms with van der Waals surface area (Å²) in [5.74, 6) is -2.65. The fourth-order valence-electron chi connectivity index (χ4n) is 9.67. The summed E-state index contributed by atoms with van der Waals surface area (Å²) in [6, 6.07) is 10.5. The highest BCUT2D eigenvalue weighted by molar-refractivity contribution is 6.73. The highest BCUT2D eigenvalue weighted by atomic mass is 28.4. The number of phenols is 1. The molecule has 2 heterocycles. The van der Waals surface area contributed by atoms with E-state index in [4.69, 9.17) is 13.9 Å². The zero-order valence-electron chi connectivity index (χ0n) is 38.4. The molecule has 2 aliphatic heterocycles. The van der Waals surface area contributed by atoms with Crippen LogP contribution in [0.5, 0.6) is 11.5 Å². The number of phenolic OH excluding ortho intramolecular Hbond substituents is 1. The van der Waals surface area contributed by atoms with E-state index in [0.29, 0.717) is 17.6 Å². The normalized spacial score (nSPS) is 22.6. The molecule has 13 nitrogen and oxygen atoms in total. The maximum absolute atomic E-state index is 14.3. The Kier molecular flexibility index (Phi) is 15.8. The number of esters is 2. The third-order valence-electron chi connectivity index (χ3n) is 13.8. The van der Waals surface area contributed by atoms with Crippen LogP contribution in [-0.2, 0) is 25.2 Å². The van der Waals surface area contributed by atoms with Gasteiger partial charge in [-0.3, -0.25) is 14.9 Å². The molecular weight excluding hydrogens is 819 g/mol. The lowest BCUT2D eigenvalue weighted by atomic mass is 9.65. The molecule has 2 aromatic carbocycles. The number of ether oxygens (including phenoxy) is 2. The van der Waals surface area contributed by atoms with Gasteiger partial charge >= 0.3 is 18.0 Å². The number of rotatable bonds is 19. The number of unbranched alkanes of at least 4 members (excludes halogenated alkanes) is 2. The summed E-state index contributed by atoms with van der Waals surface area (Å²) in [7, 11) is -2.15. The van der Waals surface area contributed by atoms with E-state index in [0.717, 1.165) is 73.5 Å². The first-order chi connectivity index (χ1) is 29.9. The zero-order chi connectivity index (χ0) is 46.4. The Morgan fingerprint density at radius 3 is 2.37 bits per heavy atom. The van der Waals surface area contributed by atoms with E-state index in [9.17, 15) is 34.4 Å². The summed E-state index contributed by atoms with van der Waals surface area (Å²) >= 11 is 0. The minimum absolute atomic E-state index is 0.0273. The van der Waals surface area contributed by atoms with Crippen molar-refractivity contribution in [2.75, 3.05) is 6.54 Å². The fourth-order valence-corrected chi connectivity index (χ4v) is 12.7. The molecule has 0 saturated carbocycles. The molecule has 3 aliphatic rings. The molecule has 2 amide bonds. The topological polar surface area (TPSA) is 175 Å². The molecule has 1 saturated heterocycles. The Labute approximate surface area is 372 Å². The molecule has 14 heteroatoms. The lowest BCUT2D eigenvalue weighted by Gasteiger charge is -2.56. The number of aromatic hydroxyl groups is 1. The van der Waals surface area contributed by atoms with E-state index in [1.165, 1.54) is 22.6 Å². The quantitative estimate of drug-likeness (QED) is 0.0202. The van der Waals surface area contributed by atoms with Crippen molar-refractivity contribution in [2.45, 2.75) is 137 Å². The van der Waals surface area contributed by atoms with Crippen LogP contribution in [-0.4, -0.2) is 65.9 Å². The second kappa shape index (κ2) is 20.4. The van der Waals surface area contributed by atoms with Crippen molar-refractivity contribution in [3.05, 3.63) is 110 Å². The number of hydrogen-bond acceptors (Lipinski definition) is 10. The molecular formula is C49H65N3O10Si. The maximum Gasteiger partial charge on any atom is 0.412 e. The van der Waals surface area contributed by atoms with Crippen LogP contribution in [0.2, 0.25) is 18.1 Å². The number of fused-ring (bicyclic) bond motifs is 1. The Hall–Kier alpha value is -5.34. The van der Waals surface area contributed by atoms with E-state index in [1.807, 2.05) is 33.8 Å². The molecule has 0 aromatic heterocycles. The molecule has 0 unspecified atom stereocenters.